The Hall–Kier alpha value is -3.99. The van der Waals surface area contributed by atoms with Gasteiger partial charge >= 0.3 is 11.9 Å². The Morgan fingerprint density at radius 3 is 1.40 bits per heavy atom. The van der Waals surface area contributed by atoms with Crippen molar-refractivity contribution < 1.29 is 42.4 Å². The lowest BCUT2D eigenvalue weighted by atomic mass is 9.90. The zero-order valence-electron chi connectivity index (χ0n) is 24.6. The molecular formula is C36H36F2O7. The van der Waals surface area contributed by atoms with Crippen molar-refractivity contribution in [3.05, 3.63) is 144 Å². The van der Waals surface area contributed by atoms with E-state index in [-0.39, 0.29) is 33.0 Å². The van der Waals surface area contributed by atoms with E-state index in [1.165, 1.54) is 0 Å². The van der Waals surface area contributed by atoms with E-state index in [4.69, 9.17) is 23.7 Å². The van der Waals surface area contributed by atoms with E-state index in [9.17, 15) is 9.90 Å². The van der Waals surface area contributed by atoms with Crippen LogP contribution >= 0.6 is 0 Å². The Balaban J connectivity index is 1.48. The van der Waals surface area contributed by atoms with E-state index in [2.05, 4.69) is 0 Å². The molecule has 4 aromatic rings. The van der Waals surface area contributed by atoms with Crippen LogP contribution in [0.1, 0.15) is 22.3 Å². The molecule has 0 bridgehead atoms. The first kappa shape index (κ1) is 32.4. The second-order valence-corrected chi connectivity index (χ2v) is 10.8. The first-order valence-corrected chi connectivity index (χ1v) is 14.8. The summed E-state index contributed by atoms with van der Waals surface area (Å²) in [5.41, 5.74) is 3.24. The van der Waals surface area contributed by atoms with Gasteiger partial charge in [0, 0.05) is 0 Å². The Morgan fingerprint density at radius 1 is 0.600 bits per heavy atom. The van der Waals surface area contributed by atoms with Crippen LogP contribution in [0.3, 0.4) is 0 Å². The largest absolute Gasteiger partial charge is 0.477 e. The van der Waals surface area contributed by atoms with E-state index < -0.39 is 42.4 Å². The molecule has 1 N–H and O–H groups in total. The number of alkyl halides is 2. The van der Waals surface area contributed by atoms with Crippen molar-refractivity contribution >= 4 is 5.97 Å². The smallest absolute Gasteiger partial charge is 0.377 e. The van der Waals surface area contributed by atoms with Gasteiger partial charge in [0.25, 0.3) is 0 Å². The zero-order chi connectivity index (χ0) is 31.5. The second kappa shape index (κ2) is 15.8. The predicted octanol–water partition coefficient (Wildman–Crippen LogP) is 6.45. The highest BCUT2D eigenvalue weighted by Gasteiger charge is 2.61. The van der Waals surface area contributed by atoms with Crippen molar-refractivity contribution in [2.75, 3.05) is 6.61 Å². The summed E-state index contributed by atoms with van der Waals surface area (Å²) in [4.78, 5) is 11.9. The molecule has 4 aromatic carbocycles. The predicted molar refractivity (Wildman–Crippen MR) is 162 cm³/mol. The fourth-order valence-corrected chi connectivity index (χ4v) is 5.20. The molecule has 0 unspecified atom stereocenters. The van der Waals surface area contributed by atoms with Gasteiger partial charge < -0.3 is 28.8 Å². The van der Waals surface area contributed by atoms with Gasteiger partial charge in [-0.25, -0.2) is 4.79 Å². The molecule has 0 aliphatic carbocycles. The molecule has 1 saturated heterocycles. The van der Waals surface area contributed by atoms with Gasteiger partial charge in [-0.1, -0.05) is 121 Å². The minimum absolute atomic E-state index is 0.0465. The average Bonchev–Trinajstić information content (AvgIpc) is 3.07. The van der Waals surface area contributed by atoms with Crippen molar-refractivity contribution in [3.63, 3.8) is 0 Å². The van der Waals surface area contributed by atoms with Crippen molar-refractivity contribution in [2.24, 2.45) is 0 Å². The molecule has 0 spiro atoms. The Labute approximate surface area is 261 Å². The number of benzene rings is 4. The van der Waals surface area contributed by atoms with E-state index >= 15 is 8.78 Å². The number of aliphatic carboxylic acids is 1. The number of hydrogen-bond acceptors (Lipinski definition) is 6. The number of ether oxygens (including phenoxy) is 5. The number of halogens is 2. The maximum atomic E-state index is 15.5. The molecule has 0 radical (unpaired) electrons. The molecule has 236 valence electrons. The van der Waals surface area contributed by atoms with Crippen LogP contribution in [0, 0.1) is 0 Å². The van der Waals surface area contributed by atoms with Gasteiger partial charge in [0.1, 0.15) is 24.4 Å². The molecule has 1 aliphatic heterocycles. The molecule has 45 heavy (non-hydrogen) atoms. The van der Waals surface area contributed by atoms with E-state index in [1.807, 2.05) is 97.1 Å². The first-order chi connectivity index (χ1) is 21.9. The van der Waals surface area contributed by atoms with Crippen LogP contribution in [0.5, 0.6) is 0 Å². The van der Waals surface area contributed by atoms with E-state index in [1.54, 1.807) is 24.3 Å². The van der Waals surface area contributed by atoms with Crippen LogP contribution in [0.2, 0.25) is 0 Å². The summed E-state index contributed by atoms with van der Waals surface area (Å²) in [5, 5.41) is 9.63. The maximum absolute atomic E-state index is 15.5. The molecule has 5 atom stereocenters. The van der Waals surface area contributed by atoms with Gasteiger partial charge in [0.15, 0.2) is 6.10 Å². The third kappa shape index (κ3) is 8.81. The van der Waals surface area contributed by atoms with Crippen LogP contribution in [-0.4, -0.2) is 54.1 Å². The molecule has 0 aromatic heterocycles. The van der Waals surface area contributed by atoms with E-state index in [0.717, 1.165) is 16.7 Å². The van der Waals surface area contributed by atoms with Crippen LogP contribution in [0.25, 0.3) is 0 Å². The highest BCUT2D eigenvalue weighted by molar-refractivity contribution is 5.76. The Morgan fingerprint density at radius 2 is 0.978 bits per heavy atom. The monoisotopic (exact) mass is 618 g/mol. The first-order valence-electron chi connectivity index (χ1n) is 14.8. The fourth-order valence-electron chi connectivity index (χ4n) is 5.20. The van der Waals surface area contributed by atoms with Gasteiger partial charge in [-0.3, -0.25) is 0 Å². The lowest BCUT2D eigenvalue weighted by molar-refractivity contribution is -0.307. The zero-order valence-corrected chi connectivity index (χ0v) is 24.6. The minimum Gasteiger partial charge on any atom is -0.477 e. The molecule has 1 heterocycles. The summed E-state index contributed by atoms with van der Waals surface area (Å²) < 4.78 is 61.8. The van der Waals surface area contributed by atoms with Crippen molar-refractivity contribution in [2.45, 2.75) is 62.9 Å². The number of carboxylic acids is 1. The molecular weight excluding hydrogens is 582 g/mol. The van der Waals surface area contributed by atoms with Crippen LogP contribution in [0.4, 0.5) is 8.78 Å². The third-order valence-corrected chi connectivity index (χ3v) is 7.53. The summed E-state index contributed by atoms with van der Waals surface area (Å²) >= 11 is 0. The number of rotatable bonds is 15. The molecule has 5 rings (SSSR count). The summed E-state index contributed by atoms with van der Waals surface area (Å²) in [6.07, 6.45) is -6.91. The normalized spacial score (nSPS) is 21.8. The topological polar surface area (TPSA) is 83.5 Å². The SMILES string of the molecule is O=C(O)C(F)(F)[C@H]1O[C@H](COCc2ccccc2)[C@@H](OCc2ccccc2)[C@H](OCc2ccccc2)[C@H]1OCc1ccccc1. The standard InChI is InChI=1S/C36H36F2O7/c37-36(38,35(39)40)34-33(44-24-29-19-11-4-12-20-29)32(43-23-28-17-9-3-10-18-28)31(42-22-27-15-7-2-8-16-27)30(45-34)25-41-21-26-13-5-1-6-14-26/h1-20,30-34H,21-25H2,(H,39,40)/t30-,31-,32+,33-,34+/m1/s1. The quantitative estimate of drug-likeness (QED) is 0.164. The van der Waals surface area contributed by atoms with Crippen LogP contribution < -0.4 is 0 Å². The summed E-state index contributed by atoms with van der Waals surface area (Å²) in [5.74, 6) is -6.63. The average molecular weight is 619 g/mol. The molecule has 1 aliphatic rings. The summed E-state index contributed by atoms with van der Waals surface area (Å²) in [6.45, 7) is 0.130. The van der Waals surface area contributed by atoms with Gasteiger partial charge in [0.05, 0.1) is 33.0 Å². The Bertz CT molecular complexity index is 1440. The summed E-state index contributed by atoms with van der Waals surface area (Å²) in [6, 6.07) is 37.0. The van der Waals surface area contributed by atoms with Crippen LogP contribution in [0.15, 0.2) is 121 Å². The molecule has 9 heteroatoms. The summed E-state index contributed by atoms with van der Waals surface area (Å²) in [7, 11) is 0. The maximum Gasteiger partial charge on any atom is 0.377 e. The highest BCUT2D eigenvalue weighted by Crippen LogP contribution is 2.38. The lowest BCUT2D eigenvalue weighted by Gasteiger charge is -2.47. The van der Waals surface area contributed by atoms with Gasteiger partial charge in [-0.15, -0.1) is 0 Å². The number of hydrogen-bond donors (Lipinski definition) is 1. The molecule has 7 nitrogen and oxygen atoms in total. The number of carbonyl (C=O) groups is 1. The van der Waals surface area contributed by atoms with Gasteiger partial charge in [-0.2, -0.15) is 8.78 Å². The van der Waals surface area contributed by atoms with Gasteiger partial charge in [0.2, 0.25) is 0 Å². The van der Waals surface area contributed by atoms with Crippen molar-refractivity contribution in [1.29, 1.82) is 0 Å². The number of carboxylic acid groups (broad SMARTS) is 1. The molecule has 1 fully saturated rings. The molecule has 0 saturated carbocycles. The molecule has 0 amide bonds. The Kier molecular flexibility index (Phi) is 11.4. The third-order valence-electron chi connectivity index (χ3n) is 7.53. The fraction of sp³-hybridized carbons (Fsp3) is 0.306. The lowest BCUT2D eigenvalue weighted by Crippen LogP contribution is -2.66. The van der Waals surface area contributed by atoms with Crippen LogP contribution in [-0.2, 0) is 54.9 Å². The minimum atomic E-state index is -4.31. The van der Waals surface area contributed by atoms with Crippen molar-refractivity contribution in [1.82, 2.24) is 0 Å². The van der Waals surface area contributed by atoms with Gasteiger partial charge in [-0.05, 0) is 22.3 Å². The second-order valence-electron chi connectivity index (χ2n) is 10.8. The highest BCUT2D eigenvalue weighted by atomic mass is 19.3. The van der Waals surface area contributed by atoms with E-state index in [0.29, 0.717) is 5.56 Å². The van der Waals surface area contributed by atoms with Crippen molar-refractivity contribution in [3.8, 4) is 0 Å².